The van der Waals surface area contributed by atoms with Gasteiger partial charge in [-0.05, 0) is 62.8 Å². The number of rotatable bonds is 6. The zero-order valence-corrected chi connectivity index (χ0v) is 22.4. The molecule has 5 rings (SSSR count). The predicted molar refractivity (Wildman–Crippen MR) is 140 cm³/mol. The maximum Gasteiger partial charge on any atom is 0.491 e. The molecule has 3 aromatic rings. The summed E-state index contributed by atoms with van der Waals surface area (Å²) < 4.78 is 49.3. The topological polar surface area (TPSA) is 130 Å². The maximum absolute atomic E-state index is 13.3. The Kier molecular flexibility index (Phi) is 7.21. The van der Waals surface area contributed by atoms with Crippen molar-refractivity contribution in [3.05, 3.63) is 50.6 Å². The van der Waals surface area contributed by atoms with Gasteiger partial charge in [0.15, 0.2) is 5.75 Å². The van der Waals surface area contributed by atoms with Gasteiger partial charge in [0.25, 0.3) is 0 Å². The van der Waals surface area contributed by atoms with E-state index in [4.69, 9.17) is 10.5 Å². The lowest BCUT2D eigenvalue weighted by Gasteiger charge is -2.24. The molecule has 212 valence electrons. The largest absolute Gasteiger partial charge is 0.494 e. The number of carbonyl (C=O) groups excluding carboxylic acids is 3. The first-order chi connectivity index (χ1) is 18.9. The Morgan fingerprint density at radius 3 is 2.55 bits per heavy atom. The van der Waals surface area contributed by atoms with Crippen LogP contribution in [-0.4, -0.2) is 41.7 Å². The molecule has 1 fully saturated rings. The van der Waals surface area contributed by atoms with Crippen molar-refractivity contribution < 1.29 is 37.0 Å². The molecule has 0 radical (unpaired) electrons. The van der Waals surface area contributed by atoms with E-state index in [0.29, 0.717) is 16.8 Å². The molecule has 13 heteroatoms. The summed E-state index contributed by atoms with van der Waals surface area (Å²) in [5.41, 5.74) is 6.26. The van der Waals surface area contributed by atoms with Crippen LogP contribution in [0.5, 0.6) is 5.75 Å². The van der Waals surface area contributed by atoms with Crippen LogP contribution in [0, 0.1) is 0 Å². The van der Waals surface area contributed by atoms with Crippen molar-refractivity contribution in [1.82, 2.24) is 9.88 Å². The molecule has 2 aliphatic rings. The fourth-order valence-corrected chi connectivity index (χ4v) is 6.23. The normalized spacial score (nSPS) is 17.7. The molecule has 0 spiro atoms. The number of carbonyl (C=O) groups is 3. The van der Waals surface area contributed by atoms with Crippen LogP contribution in [-0.2, 0) is 20.7 Å². The van der Waals surface area contributed by atoms with Gasteiger partial charge in [0.05, 0.1) is 30.1 Å². The predicted octanol–water partition coefficient (Wildman–Crippen LogP) is 4.16. The number of pyridine rings is 1. The molecule has 2 aromatic heterocycles. The zero-order valence-electron chi connectivity index (χ0n) is 21.6. The molecule has 2 heterocycles. The number of esters is 2. The number of nitrogens with one attached hydrogen (secondary N) is 1. The number of halogens is 3. The van der Waals surface area contributed by atoms with E-state index in [1.165, 1.54) is 13.2 Å². The lowest BCUT2D eigenvalue weighted by Crippen LogP contribution is -2.40. The standard InChI is InChI=1S/C27H26F3N3O6S/c1-12(31)24(35)32-18-4-3-5-19-16(18)10-20(40-19)14-8-9-15-21(23(14)38-2)33(13-6-7-13)11-17(22(15)34)25(36)39-26(37)27(28,29)30/h8-13,18H,3-7,31H2,1-2H3,(H,32,35)/t12-,18?/m1/s1. The van der Waals surface area contributed by atoms with Crippen LogP contribution < -0.4 is 21.2 Å². The van der Waals surface area contributed by atoms with Gasteiger partial charge in [-0.25, -0.2) is 9.59 Å². The van der Waals surface area contributed by atoms with Crippen LogP contribution in [0.15, 0.2) is 29.2 Å². The first-order valence-electron chi connectivity index (χ1n) is 12.7. The first-order valence-corrected chi connectivity index (χ1v) is 13.5. The summed E-state index contributed by atoms with van der Waals surface area (Å²) in [6.45, 7) is 1.62. The summed E-state index contributed by atoms with van der Waals surface area (Å²) in [4.78, 5) is 51.2. The van der Waals surface area contributed by atoms with Gasteiger partial charge in [0, 0.05) is 27.6 Å². The molecule has 9 nitrogen and oxygen atoms in total. The molecule has 0 aliphatic heterocycles. The molecule has 0 saturated heterocycles. The van der Waals surface area contributed by atoms with E-state index >= 15 is 0 Å². The van der Waals surface area contributed by atoms with E-state index in [2.05, 4.69) is 10.1 Å². The Hall–Kier alpha value is -3.71. The Labute approximate surface area is 230 Å². The van der Waals surface area contributed by atoms with Gasteiger partial charge in [-0.2, -0.15) is 13.2 Å². The van der Waals surface area contributed by atoms with Crippen molar-refractivity contribution in [2.75, 3.05) is 7.11 Å². The third-order valence-electron chi connectivity index (χ3n) is 7.04. The highest BCUT2D eigenvalue weighted by molar-refractivity contribution is 7.15. The van der Waals surface area contributed by atoms with Gasteiger partial charge in [0.2, 0.25) is 11.3 Å². The van der Waals surface area contributed by atoms with Crippen molar-refractivity contribution in [3.8, 4) is 16.2 Å². The highest BCUT2D eigenvalue weighted by atomic mass is 32.1. The monoisotopic (exact) mass is 577 g/mol. The van der Waals surface area contributed by atoms with Crippen molar-refractivity contribution in [2.45, 2.75) is 63.3 Å². The third kappa shape index (κ3) is 5.10. The summed E-state index contributed by atoms with van der Waals surface area (Å²) in [6, 6.07) is 4.19. The van der Waals surface area contributed by atoms with E-state index in [1.54, 1.807) is 28.9 Å². The molecule has 2 aliphatic carbocycles. The van der Waals surface area contributed by atoms with Gasteiger partial charge in [-0.1, -0.05) is 0 Å². The number of alkyl halides is 3. The summed E-state index contributed by atoms with van der Waals surface area (Å²) in [5.74, 6) is -4.24. The Morgan fingerprint density at radius 2 is 1.93 bits per heavy atom. The van der Waals surface area contributed by atoms with E-state index in [1.807, 2.05) is 6.07 Å². The van der Waals surface area contributed by atoms with Crippen LogP contribution in [0.3, 0.4) is 0 Å². The number of amides is 1. The van der Waals surface area contributed by atoms with Gasteiger partial charge < -0.3 is 25.1 Å². The second-order valence-electron chi connectivity index (χ2n) is 9.96. The average molecular weight is 578 g/mol. The molecule has 1 saturated carbocycles. The fraction of sp³-hybridized carbons (Fsp3) is 0.407. The first kappa shape index (κ1) is 27.8. The number of fused-ring (bicyclic) bond motifs is 2. The van der Waals surface area contributed by atoms with E-state index in [9.17, 15) is 32.3 Å². The number of aryl methyl sites for hydroxylation is 1. The fourth-order valence-electron chi connectivity index (χ4n) is 4.94. The molecule has 1 amide bonds. The van der Waals surface area contributed by atoms with E-state index in [-0.39, 0.29) is 23.4 Å². The average Bonchev–Trinajstić information content (AvgIpc) is 3.65. The number of methoxy groups -OCH3 is 1. The van der Waals surface area contributed by atoms with Crippen molar-refractivity contribution in [3.63, 3.8) is 0 Å². The highest BCUT2D eigenvalue weighted by Crippen LogP contribution is 2.46. The molecular weight excluding hydrogens is 551 g/mol. The number of benzene rings is 1. The number of aromatic nitrogens is 1. The zero-order chi connectivity index (χ0) is 28.9. The van der Waals surface area contributed by atoms with Crippen LogP contribution in [0.25, 0.3) is 21.3 Å². The van der Waals surface area contributed by atoms with Crippen LogP contribution >= 0.6 is 11.3 Å². The maximum atomic E-state index is 13.3. The lowest BCUT2D eigenvalue weighted by atomic mass is 9.93. The molecule has 2 atom stereocenters. The van der Waals surface area contributed by atoms with Gasteiger partial charge >= 0.3 is 18.1 Å². The van der Waals surface area contributed by atoms with Crippen LogP contribution in [0.2, 0.25) is 0 Å². The van der Waals surface area contributed by atoms with E-state index in [0.717, 1.165) is 53.6 Å². The number of hydrogen-bond donors (Lipinski definition) is 2. The molecular formula is C27H26F3N3O6S. The summed E-state index contributed by atoms with van der Waals surface area (Å²) in [5, 5.41) is 3.05. The summed E-state index contributed by atoms with van der Waals surface area (Å²) in [6.07, 6.45) is -0.305. The second kappa shape index (κ2) is 10.4. The highest BCUT2D eigenvalue weighted by Gasteiger charge is 2.43. The van der Waals surface area contributed by atoms with Crippen molar-refractivity contribution in [1.29, 1.82) is 0 Å². The number of nitrogens with two attached hydrogens (primary N) is 1. The second-order valence-corrected chi connectivity index (χ2v) is 11.1. The minimum Gasteiger partial charge on any atom is -0.494 e. The summed E-state index contributed by atoms with van der Waals surface area (Å²) >= 11 is 1.55. The quantitative estimate of drug-likeness (QED) is 0.332. The van der Waals surface area contributed by atoms with Crippen molar-refractivity contribution >= 4 is 40.1 Å². The van der Waals surface area contributed by atoms with Gasteiger partial charge in [0.1, 0.15) is 5.56 Å². The van der Waals surface area contributed by atoms with Gasteiger partial charge in [-0.15, -0.1) is 11.3 Å². The molecule has 40 heavy (non-hydrogen) atoms. The number of hydrogen-bond acceptors (Lipinski definition) is 8. The van der Waals surface area contributed by atoms with Crippen molar-refractivity contribution in [2.24, 2.45) is 5.73 Å². The van der Waals surface area contributed by atoms with Crippen LogP contribution in [0.1, 0.15) is 65.5 Å². The molecule has 3 N–H and O–H groups in total. The molecule has 1 unspecified atom stereocenters. The number of thiophene rings is 1. The Morgan fingerprint density at radius 1 is 1.20 bits per heavy atom. The number of nitrogens with zero attached hydrogens (tertiary/aromatic N) is 1. The minimum absolute atomic E-state index is 0.0461. The third-order valence-corrected chi connectivity index (χ3v) is 8.28. The molecule has 1 aromatic carbocycles. The van der Waals surface area contributed by atoms with E-state index < -0.39 is 35.1 Å². The minimum atomic E-state index is -5.38. The van der Waals surface area contributed by atoms with Gasteiger partial charge in [-0.3, -0.25) is 9.59 Å². The summed E-state index contributed by atoms with van der Waals surface area (Å²) in [7, 11) is 1.45. The Bertz CT molecular complexity index is 1590. The lowest BCUT2D eigenvalue weighted by molar-refractivity contribution is -0.193. The smallest absolute Gasteiger partial charge is 0.491 e. The number of ether oxygens (including phenoxy) is 2. The molecule has 0 bridgehead atoms. The Balaban J connectivity index is 1.60. The van der Waals surface area contributed by atoms with Crippen LogP contribution in [0.4, 0.5) is 13.2 Å². The SMILES string of the molecule is COc1c(-c2cc3c(s2)CCCC3NC(=O)[C@@H](C)N)ccc2c(=O)c(C(=O)OC(=O)C(F)(F)F)cn(C3CC3)c12.